The Morgan fingerprint density at radius 1 is 0.711 bits per heavy atom. The third-order valence-corrected chi connectivity index (χ3v) is 7.82. The van der Waals surface area contributed by atoms with Gasteiger partial charge in [-0.25, -0.2) is 0 Å². The Morgan fingerprint density at radius 2 is 1.13 bits per heavy atom. The van der Waals surface area contributed by atoms with Crippen LogP contribution in [0.3, 0.4) is 0 Å². The first-order chi connectivity index (χ1) is 18.6. The molecule has 14 heteroatoms. The number of ether oxygens (including phenoxy) is 4. The van der Waals surface area contributed by atoms with Crippen LogP contribution in [-0.2, 0) is 22.4 Å². The molecule has 2 aliphatic heterocycles. The molecular formula is C24H26N4O8S2. The van der Waals surface area contributed by atoms with E-state index in [1.807, 2.05) is 0 Å². The van der Waals surface area contributed by atoms with Crippen LogP contribution < -0.4 is 29.6 Å². The minimum Gasteiger partial charge on any atom is -0.454 e. The molecule has 0 unspecified atom stereocenters. The summed E-state index contributed by atoms with van der Waals surface area (Å²) in [6.07, 6.45) is 0.294. The molecule has 12 nitrogen and oxygen atoms in total. The van der Waals surface area contributed by atoms with Crippen LogP contribution in [0.1, 0.15) is 11.1 Å². The summed E-state index contributed by atoms with van der Waals surface area (Å²) in [6, 6.07) is 10.6. The molecule has 0 saturated carbocycles. The van der Waals surface area contributed by atoms with Crippen molar-refractivity contribution in [1.29, 1.82) is 0 Å². The van der Waals surface area contributed by atoms with Gasteiger partial charge in [0, 0.05) is 37.4 Å². The topological polar surface area (TPSA) is 160 Å². The second-order valence-electron chi connectivity index (χ2n) is 7.98. The molecule has 0 radical (unpaired) electrons. The zero-order valence-electron chi connectivity index (χ0n) is 20.2. The van der Waals surface area contributed by atoms with Gasteiger partial charge in [0.05, 0.1) is 0 Å². The van der Waals surface area contributed by atoms with E-state index in [1.165, 1.54) is 21.6 Å². The van der Waals surface area contributed by atoms with Crippen molar-refractivity contribution in [2.45, 2.75) is 12.8 Å². The maximum absolute atomic E-state index is 12.3. The molecular weight excluding hydrogens is 536 g/mol. The van der Waals surface area contributed by atoms with Crippen molar-refractivity contribution in [3.63, 3.8) is 0 Å². The van der Waals surface area contributed by atoms with Gasteiger partial charge in [0.1, 0.15) is 11.4 Å². The maximum Gasteiger partial charge on any atom is 0.269 e. The quantitative estimate of drug-likeness (QED) is 0.0937. The second kappa shape index (κ2) is 13.7. The van der Waals surface area contributed by atoms with Crippen molar-refractivity contribution in [1.82, 2.24) is 10.6 Å². The average molecular weight is 563 g/mol. The zero-order valence-corrected chi connectivity index (χ0v) is 21.8. The van der Waals surface area contributed by atoms with E-state index < -0.39 is 11.8 Å². The molecule has 0 bridgehead atoms. The first kappa shape index (κ1) is 27.3. The van der Waals surface area contributed by atoms with Crippen molar-refractivity contribution < 1.29 is 39.0 Å². The van der Waals surface area contributed by atoms with Gasteiger partial charge in [0.2, 0.25) is 13.6 Å². The van der Waals surface area contributed by atoms with Crippen molar-refractivity contribution in [3.05, 3.63) is 47.5 Å². The van der Waals surface area contributed by atoms with Crippen LogP contribution >= 0.6 is 21.6 Å². The highest BCUT2D eigenvalue weighted by Crippen LogP contribution is 2.33. The summed E-state index contributed by atoms with van der Waals surface area (Å²) in [6.45, 7) is 1.06. The summed E-state index contributed by atoms with van der Waals surface area (Å²) < 4.78 is 21.2. The van der Waals surface area contributed by atoms with Crippen LogP contribution in [0.25, 0.3) is 0 Å². The number of oxime groups is 2. The maximum atomic E-state index is 12.3. The molecule has 0 atom stereocenters. The zero-order chi connectivity index (χ0) is 26.7. The molecule has 0 spiro atoms. The number of hydrogen-bond acceptors (Lipinski definition) is 12. The molecule has 0 saturated heterocycles. The number of nitrogens with one attached hydrogen (secondary N) is 2. The Balaban J connectivity index is 1.08. The summed E-state index contributed by atoms with van der Waals surface area (Å²) in [5, 5.41) is 30.3. The second-order valence-corrected chi connectivity index (χ2v) is 10.7. The van der Waals surface area contributed by atoms with E-state index in [1.54, 1.807) is 36.4 Å². The van der Waals surface area contributed by atoms with Gasteiger partial charge in [-0.3, -0.25) is 9.59 Å². The molecule has 2 aromatic rings. The Bertz CT molecular complexity index is 1130. The van der Waals surface area contributed by atoms with Gasteiger partial charge in [0.15, 0.2) is 23.0 Å². The smallest absolute Gasteiger partial charge is 0.269 e. The van der Waals surface area contributed by atoms with E-state index in [4.69, 9.17) is 18.9 Å². The van der Waals surface area contributed by atoms with Gasteiger partial charge < -0.3 is 40.0 Å². The van der Waals surface area contributed by atoms with Crippen LogP contribution in [0.5, 0.6) is 23.0 Å². The highest BCUT2D eigenvalue weighted by atomic mass is 33.1. The lowest BCUT2D eigenvalue weighted by molar-refractivity contribution is -0.115. The highest BCUT2D eigenvalue weighted by molar-refractivity contribution is 8.76. The molecule has 2 amide bonds. The van der Waals surface area contributed by atoms with Gasteiger partial charge in [-0.2, -0.15) is 0 Å². The SMILES string of the molecule is O=C(NCCSSCCNC(=O)/C(Cc1ccc2c(c1)OCO2)=N/O)/C(Cc1ccc2c(c1)OCO2)=N/O. The molecule has 0 aromatic heterocycles. The predicted molar refractivity (Wildman–Crippen MR) is 142 cm³/mol. The molecule has 0 aliphatic carbocycles. The predicted octanol–water partition coefficient (Wildman–Crippen LogP) is 2.20. The third-order valence-electron chi connectivity index (χ3n) is 5.41. The minimum absolute atomic E-state index is 0.00803. The van der Waals surface area contributed by atoms with Crippen LogP contribution in [0.2, 0.25) is 0 Å². The lowest BCUT2D eigenvalue weighted by Gasteiger charge is -2.08. The van der Waals surface area contributed by atoms with Crippen molar-refractivity contribution in [2.24, 2.45) is 10.3 Å². The van der Waals surface area contributed by atoms with E-state index in [2.05, 4.69) is 20.9 Å². The van der Waals surface area contributed by atoms with Crippen molar-refractivity contribution >= 4 is 44.8 Å². The van der Waals surface area contributed by atoms with Gasteiger partial charge in [0.25, 0.3) is 11.8 Å². The summed E-state index contributed by atoms with van der Waals surface area (Å²) in [7, 11) is 3.05. The number of rotatable bonds is 13. The lowest BCUT2D eigenvalue weighted by Crippen LogP contribution is -2.34. The first-order valence-corrected chi connectivity index (χ1v) is 14.1. The molecule has 2 aliphatic rings. The Hall–Kier alpha value is -3.78. The van der Waals surface area contributed by atoms with Crippen molar-refractivity contribution in [2.75, 3.05) is 38.2 Å². The third kappa shape index (κ3) is 7.38. The Morgan fingerprint density at radius 3 is 1.55 bits per heavy atom. The molecule has 0 fully saturated rings. The van der Waals surface area contributed by atoms with Gasteiger partial charge in [-0.1, -0.05) is 44.0 Å². The Labute approximate surface area is 226 Å². The fourth-order valence-electron chi connectivity index (χ4n) is 3.54. The van der Waals surface area contributed by atoms with E-state index >= 15 is 0 Å². The lowest BCUT2D eigenvalue weighted by atomic mass is 10.1. The van der Waals surface area contributed by atoms with Crippen LogP contribution in [0.15, 0.2) is 46.7 Å². The number of carbonyl (C=O) groups is 2. The Kier molecular flexibility index (Phi) is 9.81. The standard InChI is InChI=1S/C24H26N4O8S2/c29-23(17(27-31)9-15-1-3-19-21(11-15)35-13-33-19)25-5-7-37-38-8-6-26-24(30)18(28-32)10-16-2-4-20-22(12-16)36-14-34-20/h1-4,11-12,31-32H,5-10,13-14H2,(H,25,29)(H,26,30)/b27-17+,28-18+. The summed E-state index contributed by atoms with van der Waals surface area (Å²) in [4.78, 5) is 24.7. The number of carbonyl (C=O) groups excluding carboxylic acids is 2. The van der Waals surface area contributed by atoms with E-state index in [0.717, 1.165) is 11.1 Å². The fraction of sp³-hybridized carbons (Fsp3) is 0.333. The molecule has 2 aromatic carbocycles. The van der Waals surface area contributed by atoms with Gasteiger partial charge in [-0.05, 0) is 35.4 Å². The van der Waals surface area contributed by atoms with Crippen LogP contribution in [0, 0.1) is 0 Å². The molecule has 4 N–H and O–H groups in total. The van der Waals surface area contributed by atoms with Crippen LogP contribution in [0.4, 0.5) is 0 Å². The summed E-state index contributed by atoms with van der Waals surface area (Å²) >= 11 is 0. The number of nitrogens with zero attached hydrogens (tertiary/aromatic N) is 2. The normalized spacial score (nSPS) is 13.9. The fourth-order valence-corrected chi connectivity index (χ4v) is 5.36. The molecule has 38 heavy (non-hydrogen) atoms. The summed E-state index contributed by atoms with van der Waals surface area (Å²) in [5.41, 5.74) is 1.50. The van der Waals surface area contributed by atoms with E-state index in [-0.39, 0.29) is 37.9 Å². The minimum atomic E-state index is -0.457. The molecule has 202 valence electrons. The summed E-state index contributed by atoms with van der Waals surface area (Å²) in [5.74, 6) is 2.77. The van der Waals surface area contributed by atoms with Gasteiger partial charge >= 0.3 is 0 Å². The van der Waals surface area contributed by atoms with Crippen LogP contribution in [-0.4, -0.2) is 71.8 Å². The number of amides is 2. The number of fused-ring (bicyclic) bond motifs is 2. The van der Waals surface area contributed by atoms with E-state index in [9.17, 15) is 20.0 Å². The largest absolute Gasteiger partial charge is 0.454 e. The number of hydrogen-bond donors (Lipinski definition) is 4. The number of benzene rings is 2. The van der Waals surface area contributed by atoms with Gasteiger partial charge in [-0.15, -0.1) is 0 Å². The van der Waals surface area contributed by atoms with Crippen molar-refractivity contribution in [3.8, 4) is 23.0 Å². The molecule has 4 rings (SSSR count). The molecule has 2 heterocycles. The highest BCUT2D eigenvalue weighted by Gasteiger charge is 2.18. The first-order valence-electron chi connectivity index (χ1n) is 11.6. The monoisotopic (exact) mass is 562 g/mol. The average Bonchev–Trinajstić information content (AvgIpc) is 3.60. The van der Waals surface area contributed by atoms with E-state index in [0.29, 0.717) is 47.6 Å².